The molecule has 0 spiro atoms. The molecule has 0 radical (unpaired) electrons. The third kappa shape index (κ3) is 2.81. The van der Waals surface area contributed by atoms with Crippen LogP contribution in [-0.4, -0.2) is 25.7 Å². The van der Waals surface area contributed by atoms with Crippen LogP contribution in [0.5, 0.6) is 5.75 Å². The summed E-state index contributed by atoms with van der Waals surface area (Å²) in [6, 6.07) is 17.9. The average molecular weight is 294 g/mol. The maximum Gasteiger partial charge on any atom is 0.122 e. The van der Waals surface area contributed by atoms with E-state index < -0.39 is 0 Å². The van der Waals surface area contributed by atoms with Crippen molar-refractivity contribution in [2.24, 2.45) is 0 Å². The van der Waals surface area contributed by atoms with E-state index in [1.54, 1.807) is 0 Å². The van der Waals surface area contributed by atoms with Gasteiger partial charge in [-0.05, 0) is 35.7 Å². The minimum Gasteiger partial charge on any atom is -0.493 e. The minimum atomic E-state index is 0.574. The van der Waals surface area contributed by atoms with E-state index in [-0.39, 0.29) is 0 Å². The summed E-state index contributed by atoms with van der Waals surface area (Å²) < 4.78 is 5.57. The molecule has 2 aliphatic heterocycles. The maximum absolute atomic E-state index is 5.57. The standard InChI is InChI=1S/C19H22N2O/c1-2-4-18(5-3-1)21-10-8-17(14-21)20-13-15-6-7-19-16(12-15)9-11-22-19/h1-7,12,17,20H,8-11,13-14H2. The number of nitrogens with zero attached hydrogens (tertiary/aromatic N) is 1. The lowest BCUT2D eigenvalue weighted by Gasteiger charge is -2.19. The van der Waals surface area contributed by atoms with Crippen LogP contribution in [0, 0.1) is 0 Å². The number of benzene rings is 2. The van der Waals surface area contributed by atoms with Crippen LogP contribution >= 0.6 is 0 Å². The Morgan fingerprint density at radius 2 is 2.05 bits per heavy atom. The highest BCUT2D eigenvalue weighted by atomic mass is 16.5. The second kappa shape index (κ2) is 6.01. The number of para-hydroxylation sites is 1. The molecule has 2 aliphatic rings. The van der Waals surface area contributed by atoms with Gasteiger partial charge in [-0.2, -0.15) is 0 Å². The first-order chi connectivity index (χ1) is 10.9. The molecule has 114 valence electrons. The van der Waals surface area contributed by atoms with Crippen molar-refractivity contribution in [3.8, 4) is 5.75 Å². The van der Waals surface area contributed by atoms with Crippen LogP contribution in [0.4, 0.5) is 5.69 Å². The summed E-state index contributed by atoms with van der Waals surface area (Å²) in [6.45, 7) is 4.01. The van der Waals surface area contributed by atoms with Crippen molar-refractivity contribution in [3.63, 3.8) is 0 Å². The fraction of sp³-hybridized carbons (Fsp3) is 0.368. The summed E-state index contributed by atoms with van der Waals surface area (Å²) in [5.41, 5.74) is 4.06. The molecule has 22 heavy (non-hydrogen) atoms. The van der Waals surface area contributed by atoms with E-state index in [0.29, 0.717) is 6.04 Å². The van der Waals surface area contributed by atoms with Crippen molar-refractivity contribution in [3.05, 3.63) is 59.7 Å². The fourth-order valence-electron chi connectivity index (χ4n) is 3.41. The highest BCUT2D eigenvalue weighted by molar-refractivity contribution is 5.47. The van der Waals surface area contributed by atoms with Gasteiger partial charge in [-0.3, -0.25) is 0 Å². The Labute approximate surface area is 131 Å². The fourth-order valence-corrected chi connectivity index (χ4v) is 3.41. The summed E-state index contributed by atoms with van der Waals surface area (Å²) in [5.74, 6) is 1.07. The van der Waals surface area contributed by atoms with Gasteiger partial charge in [0.15, 0.2) is 0 Å². The number of hydrogen-bond donors (Lipinski definition) is 1. The zero-order valence-corrected chi connectivity index (χ0v) is 12.8. The minimum absolute atomic E-state index is 0.574. The van der Waals surface area contributed by atoms with Gasteiger partial charge in [0.1, 0.15) is 5.75 Å². The number of fused-ring (bicyclic) bond motifs is 1. The van der Waals surface area contributed by atoms with Crippen molar-refractivity contribution < 1.29 is 4.74 Å². The number of anilines is 1. The van der Waals surface area contributed by atoms with Crippen molar-refractivity contribution >= 4 is 5.69 Å². The molecular formula is C19H22N2O. The van der Waals surface area contributed by atoms with Crippen molar-refractivity contribution in [1.29, 1.82) is 0 Å². The van der Waals surface area contributed by atoms with Gasteiger partial charge >= 0.3 is 0 Å². The topological polar surface area (TPSA) is 24.5 Å². The Morgan fingerprint density at radius 1 is 1.14 bits per heavy atom. The molecule has 4 rings (SSSR count). The Hall–Kier alpha value is -2.00. The van der Waals surface area contributed by atoms with E-state index in [4.69, 9.17) is 4.74 Å². The van der Waals surface area contributed by atoms with Crippen LogP contribution in [-0.2, 0) is 13.0 Å². The SMILES string of the molecule is c1ccc(N2CCC(NCc3ccc4c(c3)CCO4)C2)cc1. The number of rotatable bonds is 4. The van der Waals surface area contributed by atoms with Gasteiger partial charge in [-0.1, -0.05) is 30.3 Å². The van der Waals surface area contributed by atoms with Crippen LogP contribution in [0.2, 0.25) is 0 Å². The molecular weight excluding hydrogens is 272 g/mol. The first-order valence-corrected chi connectivity index (χ1v) is 8.16. The quantitative estimate of drug-likeness (QED) is 0.938. The second-order valence-electron chi connectivity index (χ2n) is 6.19. The average Bonchev–Trinajstić information content (AvgIpc) is 3.22. The Kier molecular flexibility index (Phi) is 3.73. The Bertz CT molecular complexity index is 641. The number of ether oxygens (including phenoxy) is 1. The van der Waals surface area contributed by atoms with E-state index in [9.17, 15) is 0 Å². The summed E-state index contributed by atoms with van der Waals surface area (Å²) in [6.07, 6.45) is 2.26. The van der Waals surface area contributed by atoms with Gasteiger partial charge in [0, 0.05) is 37.8 Å². The van der Waals surface area contributed by atoms with Gasteiger partial charge < -0.3 is 15.0 Å². The van der Waals surface area contributed by atoms with Gasteiger partial charge in [0.25, 0.3) is 0 Å². The first-order valence-electron chi connectivity index (χ1n) is 8.16. The zero-order chi connectivity index (χ0) is 14.8. The van der Waals surface area contributed by atoms with E-state index in [1.165, 1.54) is 23.2 Å². The highest BCUT2D eigenvalue weighted by Crippen LogP contribution is 2.26. The van der Waals surface area contributed by atoms with Crippen molar-refractivity contribution in [2.75, 3.05) is 24.6 Å². The molecule has 1 unspecified atom stereocenters. The van der Waals surface area contributed by atoms with Gasteiger partial charge in [-0.15, -0.1) is 0 Å². The molecule has 1 saturated heterocycles. The lowest BCUT2D eigenvalue weighted by molar-refractivity contribution is 0.357. The van der Waals surface area contributed by atoms with Gasteiger partial charge in [-0.25, -0.2) is 0 Å². The van der Waals surface area contributed by atoms with Gasteiger partial charge in [0.2, 0.25) is 0 Å². The third-order valence-electron chi connectivity index (χ3n) is 4.66. The molecule has 2 aromatic carbocycles. The zero-order valence-electron chi connectivity index (χ0n) is 12.8. The molecule has 1 fully saturated rings. The summed E-state index contributed by atoms with van der Waals surface area (Å²) in [7, 11) is 0. The molecule has 3 heteroatoms. The first kappa shape index (κ1) is 13.6. The predicted octanol–water partition coefficient (Wildman–Crippen LogP) is 2.99. The molecule has 1 atom stereocenters. The Morgan fingerprint density at radius 3 is 2.95 bits per heavy atom. The molecule has 2 aromatic rings. The molecule has 3 nitrogen and oxygen atoms in total. The lowest BCUT2D eigenvalue weighted by atomic mass is 10.1. The van der Waals surface area contributed by atoms with Crippen molar-refractivity contribution in [1.82, 2.24) is 5.32 Å². The monoisotopic (exact) mass is 294 g/mol. The molecule has 0 amide bonds. The van der Waals surface area contributed by atoms with Crippen LogP contribution in [0.3, 0.4) is 0 Å². The summed E-state index contributed by atoms with van der Waals surface area (Å²) in [4.78, 5) is 2.47. The predicted molar refractivity (Wildman–Crippen MR) is 89.5 cm³/mol. The number of hydrogen-bond acceptors (Lipinski definition) is 3. The van der Waals surface area contributed by atoms with Gasteiger partial charge in [0.05, 0.1) is 6.61 Å². The molecule has 0 aliphatic carbocycles. The van der Waals surface area contributed by atoms with Crippen LogP contribution in [0.25, 0.3) is 0 Å². The summed E-state index contributed by atoms with van der Waals surface area (Å²) in [5, 5.41) is 3.71. The third-order valence-corrected chi connectivity index (χ3v) is 4.66. The van der Waals surface area contributed by atoms with Crippen LogP contribution in [0.1, 0.15) is 17.5 Å². The molecule has 0 saturated carbocycles. The van der Waals surface area contributed by atoms with E-state index in [0.717, 1.165) is 38.4 Å². The van der Waals surface area contributed by atoms with E-state index >= 15 is 0 Å². The highest BCUT2D eigenvalue weighted by Gasteiger charge is 2.22. The summed E-state index contributed by atoms with van der Waals surface area (Å²) >= 11 is 0. The molecule has 2 heterocycles. The van der Waals surface area contributed by atoms with Crippen LogP contribution < -0.4 is 15.0 Å². The lowest BCUT2D eigenvalue weighted by Crippen LogP contribution is -2.32. The maximum atomic E-state index is 5.57. The molecule has 0 bridgehead atoms. The largest absolute Gasteiger partial charge is 0.493 e. The molecule has 1 N–H and O–H groups in total. The van der Waals surface area contributed by atoms with Crippen LogP contribution in [0.15, 0.2) is 48.5 Å². The Balaban J connectivity index is 1.33. The van der Waals surface area contributed by atoms with E-state index in [1.807, 2.05) is 0 Å². The number of nitrogens with one attached hydrogen (secondary N) is 1. The van der Waals surface area contributed by atoms with E-state index in [2.05, 4.69) is 58.7 Å². The van der Waals surface area contributed by atoms with Crippen molar-refractivity contribution in [2.45, 2.75) is 25.4 Å². The molecule has 0 aromatic heterocycles. The second-order valence-corrected chi connectivity index (χ2v) is 6.19. The smallest absolute Gasteiger partial charge is 0.122 e. The normalized spacial score (nSPS) is 20.0.